The molecule has 0 bridgehead atoms. The summed E-state index contributed by atoms with van der Waals surface area (Å²) in [4.78, 5) is 16.6. The zero-order chi connectivity index (χ0) is 18.3. The molecule has 0 unspecified atom stereocenters. The number of aliphatic hydroxyl groups excluding tert-OH is 1. The fourth-order valence-electron chi connectivity index (χ4n) is 3.50. The summed E-state index contributed by atoms with van der Waals surface area (Å²) in [6.45, 7) is 3.24. The molecule has 9 nitrogen and oxygen atoms in total. The van der Waals surface area contributed by atoms with E-state index >= 15 is 0 Å². The first-order chi connectivity index (χ1) is 12.5. The molecule has 0 spiro atoms. The van der Waals surface area contributed by atoms with E-state index in [-0.39, 0.29) is 5.91 Å². The lowest BCUT2D eigenvalue weighted by Crippen LogP contribution is -2.39. The average Bonchev–Trinajstić information content (AvgIpc) is 3.24. The zero-order valence-electron chi connectivity index (χ0n) is 15.1. The van der Waals surface area contributed by atoms with Crippen LogP contribution in [0.4, 0.5) is 0 Å². The highest BCUT2D eigenvalue weighted by Crippen LogP contribution is 2.23. The molecule has 0 fully saturated rings. The van der Waals surface area contributed by atoms with E-state index in [1.165, 1.54) is 0 Å². The lowest BCUT2D eigenvalue weighted by atomic mass is 10.1. The van der Waals surface area contributed by atoms with Crippen molar-refractivity contribution in [2.45, 2.75) is 32.2 Å². The number of hydrogen-bond donors (Lipinski definition) is 2. The molecule has 0 radical (unpaired) electrons. The molecule has 2 aliphatic heterocycles. The molecule has 0 aromatic carbocycles. The van der Waals surface area contributed by atoms with Crippen molar-refractivity contribution in [1.29, 1.82) is 0 Å². The van der Waals surface area contributed by atoms with Crippen LogP contribution in [0, 0.1) is 0 Å². The number of aromatic amines is 1. The summed E-state index contributed by atoms with van der Waals surface area (Å²) in [5.74, 6) is -0.0872. The maximum Gasteiger partial charge on any atom is 0.275 e. The maximum atomic E-state index is 12.9. The molecule has 140 valence electrons. The molecule has 26 heavy (non-hydrogen) atoms. The van der Waals surface area contributed by atoms with E-state index in [4.69, 9.17) is 4.74 Å². The van der Waals surface area contributed by atoms with E-state index in [2.05, 4.69) is 15.3 Å². The first kappa shape index (κ1) is 17.2. The number of fused-ring (bicyclic) bond motifs is 2. The fraction of sp³-hybridized carbons (Fsp3) is 0.588. The second-order valence-electron chi connectivity index (χ2n) is 7.12. The maximum absolute atomic E-state index is 12.9. The summed E-state index contributed by atoms with van der Waals surface area (Å²) in [5, 5.41) is 22.0. The van der Waals surface area contributed by atoms with Gasteiger partial charge < -0.3 is 19.6 Å². The molecule has 2 N–H and O–H groups in total. The minimum atomic E-state index is -0.636. The normalized spacial score (nSPS) is 17.9. The molecule has 9 heteroatoms. The Kier molecular flexibility index (Phi) is 4.51. The predicted molar refractivity (Wildman–Crippen MR) is 92.4 cm³/mol. The molecule has 0 saturated carbocycles. The Morgan fingerprint density at radius 3 is 3.12 bits per heavy atom. The van der Waals surface area contributed by atoms with E-state index in [0.717, 1.165) is 23.4 Å². The third-order valence-corrected chi connectivity index (χ3v) is 4.88. The van der Waals surface area contributed by atoms with Gasteiger partial charge in [-0.15, -0.1) is 0 Å². The molecule has 4 heterocycles. The number of nitrogens with zero attached hydrogens (tertiary/aromatic N) is 5. The van der Waals surface area contributed by atoms with Crippen LogP contribution in [-0.2, 0) is 30.9 Å². The van der Waals surface area contributed by atoms with Crippen molar-refractivity contribution in [3.63, 3.8) is 0 Å². The average molecular weight is 360 g/mol. The molecule has 2 aliphatic rings. The lowest BCUT2D eigenvalue weighted by molar-refractivity contribution is 0.0687. The number of rotatable bonds is 4. The second-order valence-corrected chi connectivity index (χ2v) is 7.12. The van der Waals surface area contributed by atoms with Crippen LogP contribution in [0.5, 0.6) is 0 Å². The highest BCUT2D eigenvalue weighted by Gasteiger charge is 2.29. The first-order valence-electron chi connectivity index (χ1n) is 8.85. The van der Waals surface area contributed by atoms with Crippen molar-refractivity contribution in [2.75, 3.05) is 33.8 Å². The Morgan fingerprint density at radius 1 is 1.46 bits per heavy atom. The highest BCUT2D eigenvalue weighted by atomic mass is 16.5. The minimum absolute atomic E-state index is 0.0872. The summed E-state index contributed by atoms with van der Waals surface area (Å²) in [7, 11) is 3.82. The molecule has 1 atom stereocenters. The molecule has 2 aromatic heterocycles. The minimum Gasteiger partial charge on any atom is -0.385 e. The number of aromatic nitrogens is 4. The van der Waals surface area contributed by atoms with Crippen molar-refractivity contribution in [3.8, 4) is 0 Å². The van der Waals surface area contributed by atoms with Crippen LogP contribution in [0.2, 0.25) is 0 Å². The first-order valence-corrected chi connectivity index (χ1v) is 8.85. The van der Waals surface area contributed by atoms with Gasteiger partial charge in [0, 0.05) is 30.8 Å². The van der Waals surface area contributed by atoms with E-state index < -0.39 is 6.10 Å². The Labute approximate surface area is 151 Å². The monoisotopic (exact) mass is 360 g/mol. The number of H-pyrrole nitrogens is 1. The van der Waals surface area contributed by atoms with E-state index in [1.54, 1.807) is 4.90 Å². The Morgan fingerprint density at radius 2 is 2.31 bits per heavy atom. The molecular weight excluding hydrogens is 336 g/mol. The number of amides is 1. The Balaban J connectivity index is 1.50. The van der Waals surface area contributed by atoms with Crippen molar-refractivity contribution in [3.05, 3.63) is 34.4 Å². The quantitative estimate of drug-likeness (QED) is 0.792. The van der Waals surface area contributed by atoms with E-state index in [1.807, 2.05) is 29.7 Å². The van der Waals surface area contributed by atoms with Gasteiger partial charge in [-0.2, -0.15) is 10.2 Å². The third-order valence-electron chi connectivity index (χ3n) is 4.88. The van der Waals surface area contributed by atoms with Crippen molar-refractivity contribution >= 4 is 5.91 Å². The van der Waals surface area contributed by atoms with Gasteiger partial charge in [-0.1, -0.05) is 0 Å². The van der Waals surface area contributed by atoms with Gasteiger partial charge in [0.1, 0.15) is 6.10 Å². The Hall–Kier alpha value is -2.23. The topological polar surface area (TPSA) is 99.5 Å². The van der Waals surface area contributed by atoms with Crippen molar-refractivity contribution in [2.24, 2.45) is 0 Å². The van der Waals surface area contributed by atoms with Gasteiger partial charge in [0.05, 0.1) is 37.7 Å². The van der Waals surface area contributed by atoms with Crippen LogP contribution in [0.25, 0.3) is 0 Å². The van der Waals surface area contributed by atoms with Gasteiger partial charge in [-0.3, -0.25) is 14.6 Å². The zero-order valence-corrected chi connectivity index (χ0v) is 15.1. The largest absolute Gasteiger partial charge is 0.385 e. The summed E-state index contributed by atoms with van der Waals surface area (Å²) in [6, 6.07) is 1.89. The number of carbonyl (C=O) groups excluding carboxylic acids is 1. The summed E-state index contributed by atoms with van der Waals surface area (Å²) in [6.07, 6.45) is 0.123. The smallest absolute Gasteiger partial charge is 0.275 e. The summed E-state index contributed by atoms with van der Waals surface area (Å²) in [5.41, 5.74) is 3.91. The van der Waals surface area contributed by atoms with Crippen LogP contribution in [-0.4, -0.2) is 74.6 Å². The van der Waals surface area contributed by atoms with Crippen LogP contribution in [0.1, 0.15) is 39.2 Å². The predicted octanol–water partition coefficient (Wildman–Crippen LogP) is -0.0701. The van der Waals surface area contributed by atoms with Gasteiger partial charge in [-0.05, 0) is 20.2 Å². The molecular formula is C17H24N6O3. The molecule has 0 aliphatic carbocycles. The second kappa shape index (κ2) is 6.82. The molecule has 2 aromatic rings. The SMILES string of the molecule is CN(C)C[C@@H](O)c1cc2n(n1)CCN(C(=O)c1n[nH]c3c1COCC3)C2. The van der Waals surface area contributed by atoms with Gasteiger partial charge in [0.2, 0.25) is 0 Å². The van der Waals surface area contributed by atoms with Gasteiger partial charge in [-0.25, -0.2) is 0 Å². The number of aliphatic hydroxyl groups is 1. The number of hydrogen-bond acceptors (Lipinski definition) is 6. The number of nitrogens with one attached hydrogen (secondary N) is 1. The van der Waals surface area contributed by atoms with Crippen LogP contribution < -0.4 is 0 Å². The lowest BCUT2D eigenvalue weighted by Gasteiger charge is -2.27. The van der Waals surface area contributed by atoms with E-state index in [9.17, 15) is 9.90 Å². The number of ether oxygens (including phenoxy) is 1. The standard InChI is InChI=1S/C17H24N6O3/c1-21(2)9-15(24)14-7-11-8-22(4-5-23(11)20-14)17(25)16-12-10-26-6-3-13(12)18-19-16/h7,15,24H,3-6,8-10H2,1-2H3,(H,18,19)/t15-/m1/s1. The van der Waals surface area contributed by atoms with Crippen molar-refractivity contribution < 1.29 is 14.6 Å². The third kappa shape index (κ3) is 3.13. The van der Waals surface area contributed by atoms with Gasteiger partial charge >= 0.3 is 0 Å². The van der Waals surface area contributed by atoms with Gasteiger partial charge in [0.15, 0.2) is 5.69 Å². The highest BCUT2D eigenvalue weighted by molar-refractivity contribution is 5.94. The van der Waals surface area contributed by atoms with Crippen molar-refractivity contribution in [1.82, 2.24) is 29.8 Å². The fourth-order valence-corrected chi connectivity index (χ4v) is 3.50. The van der Waals surface area contributed by atoms with E-state index in [0.29, 0.717) is 50.8 Å². The van der Waals surface area contributed by atoms with Gasteiger partial charge in [0.25, 0.3) is 5.91 Å². The molecule has 1 amide bonds. The van der Waals surface area contributed by atoms with Crippen LogP contribution in [0.15, 0.2) is 6.07 Å². The summed E-state index contributed by atoms with van der Waals surface area (Å²) < 4.78 is 7.35. The molecule has 0 saturated heterocycles. The summed E-state index contributed by atoms with van der Waals surface area (Å²) >= 11 is 0. The number of likely N-dealkylation sites (N-methyl/N-ethyl adjacent to an activating group) is 1. The Bertz CT molecular complexity index is 812. The van der Waals surface area contributed by atoms with Crippen LogP contribution >= 0.6 is 0 Å². The molecule has 4 rings (SSSR count). The van der Waals surface area contributed by atoms with Crippen LogP contribution in [0.3, 0.4) is 0 Å². The number of carbonyl (C=O) groups is 1.